The highest BCUT2D eigenvalue weighted by molar-refractivity contribution is 7.20. The Kier molecular flexibility index (Phi) is 4.59. The van der Waals surface area contributed by atoms with E-state index in [4.69, 9.17) is 4.74 Å². The highest BCUT2D eigenvalue weighted by atomic mass is 32.1. The molecule has 0 aliphatic carbocycles. The highest BCUT2D eigenvalue weighted by Gasteiger charge is 2.30. The Bertz CT molecular complexity index is 939. The molecule has 134 valence electrons. The number of rotatable bonds is 4. The van der Waals surface area contributed by atoms with Crippen LogP contribution >= 0.6 is 11.3 Å². The van der Waals surface area contributed by atoms with Crippen LogP contribution in [0.4, 0.5) is 5.82 Å². The zero-order valence-corrected chi connectivity index (χ0v) is 15.8. The van der Waals surface area contributed by atoms with E-state index in [0.29, 0.717) is 17.5 Å². The maximum atomic E-state index is 12.3. The summed E-state index contributed by atoms with van der Waals surface area (Å²) in [6, 6.07) is 10.9. The molecule has 0 amide bonds. The van der Waals surface area contributed by atoms with Gasteiger partial charge in [-0.05, 0) is 37.8 Å². The number of fused-ring (bicyclic) bond motifs is 1. The third kappa shape index (κ3) is 2.84. The van der Waals surface area contributed by atoms with Gasteiger partial charge in [0.15, 0.2) is 0 Å². The molecule has 5 nitrogen and oxygen atoms in total. The summed E-state index contributed by atoms with van der Waals surface area (Å²) >= 11 is 1.39. The molecule has 0 N–H and O–H groups in total. The second-order valence-electron chi connectivity index (χ2n) is 6.42. The van der Waals surface area contributed by atoms with Crippen LogP contribution in [0.25, 0.3) is 10.2 Å². The molecule has 0 radical (unpaired) electrons. The summed E-state index contributed by atoms with van der Waals surface area (Å²) < 4.78 is 5.20. The number of ether oxygens (including phenoxy) is 1. The maximum Gasteiger partial charge on any atom is 0.348 e. The van der Waals surface area contributed by atoms with Crippen molar-refractivity contribution in [2.45, 2.75) is 32.7 Å². The molecular weight excluding hydrogens is 346 g/mol. The number of thiophene rings is 1. The van der Waals surface area contributed by atoms with Crippen molar-refractivity contribution in [1.82, 2.24) is 9.97 Å². The third-order valence-electron chi connectivity index (χ3n) is 4.88. The quantitative estimate of drug-likeness (QED) is 0.635. The second-order valence-corrected chi connectivity index (χ2v) is 7.42. The molecule has 0 bridgehead atoms. The predicted octanol–water partition coefficient (Wildman–Crippen LogP) is 4.52. The molecule has 6 heteroatoms. The van der Waals surface area contributed by atoms with Gasteiger partial charge in [-0.3, -0.25) is 0 Å². The molecule has 1 fully saturated rings. The van der Waals surface area contributed by atoms with Gasteiger partial charge in [-0.1, -0.05) is 30.3 Å². The van der Waals surface area contributed by atoms with Crippen LogP contribution in [-0.2, 0) is 4.74 Å². The number of aryl methyl sites for hydroxylation is 1. The minimum absolute atomic E-state index is 0.278. The van der Waals surface area contributed by atoms with E-state index in [1.807, 2.05) is 19.9 Å². The van der Waals surface area contributed by atoms with Crippen molar-refractivity contribution in [2.24, 2.45) is 0 Å². The van der Waals surface area contributed by atoms with Crippen LogP contribution in [-0.4, -0.2) is 29.1 Å². The lowest BCUT2D eigenvalue weighted by Crippen LogP contribution is -2.24. The molecule has 2 aromatic heterocycles. The van der Waals surface area contributed by atoms with E-state index in [0.717, 1.165) is 41.0 Å². The monoisotopic (exact) mass is 367 g/mol. The molecule has 1 unspecified atom stereocenters. The summed E-state index contributed by atoms with van der Waals surface area (Å²) in [5.41, 5.74) is 2.22. The largest absolute Gasteiger partial charge is 0.462 e. The Morgan fingerprint density at radius 3 is 2.88 bits per heavy atom. The SMILES string of the molecule is CCOC(=O)c1sc2ncnc(N3CCCC3c3ccccc3)c2c1C. The van der Waals surface area contributed by atoms with E-state index in [-0.39, 0.29) is 5.97 Å². The summed E-state index contributed by atoms with van der Waals surface area (Å²) in [5.74, 6) is 0.644. The Labute approximate surface area is 156 Å². The molecule has 4 rings (SSSR count). The third-order valence-corrected chi connectivity index (χ3v) is 6.06. The van der Waals surface area contributed by atoms with Gasteiger partial charge >= 0.3 is 5.97 Å². The van der Waals surface area contributed by atoms with Crippen molar-refractivity contribution >= 4 is 33.3 Å². The zero-order chi connectivity index (χ0) is 18.1. The number of carbonyl (C=O) groups excluding carboxylic acids is 1. The highest BCUT2D eigenvalue weighted by Crippen LogP contribution is 2.41. The first-order chi connectivity index (χ1) is 12.7. The molecule has 1 aliphatic rings. The number of hydrogen-bond acceptors (Lipinski definition) is 6. The number of esters is 1. The molecule has 1 aliphatic heterocycles. The van der Waals surface area contributed by atoms with Crippen LogP contribution in [0.1, 0.15) is 46.6 Å². The van der Waals surface area contributed by atoms with E-state index in [2.05, 4.69) is 39.1 Å². The van der Waals surface area contributed by atoms with E-state index in [9.17, 15) is 4.79 Å². The molecule has 0 saturated carbocycles. The average Bonchev–Trinajstić information content (AvgIpc) is 3.28. The number of carbonyl (C=O) groups is 1. The van der Waals surface area contributed by atoms with Crippen LogP contribution in [0.5, 0.6) is 0 Å². The first kappa shape index (κ1) is 17.0. The Balaban J connectivity index is 1.80. The van der Waals surface area contributed by atoms with E-state index in [1.165, 1.54) is 16.9 Å². The fourth-order valence-electron chi connectivity index (χ4n) is 3.70. The lowest BCUT2D eigenvalue weighted by Gasteiger charge is -2.26. The van der Waals surface area contributed by atoms with Gasteiger partial charge in [-0.2, -0.15) is 0 Å². The van der Waals surface area contributed by atoms with Crippen LogP contribution in [0, 0.1) is 6.92 Å². The number of benzene rings is 1. The fourth-order valence-corrected chi connectivity index (χ4v) is 4.74. The van der Waals surface area contributed by atoms with E-state index in [1.54, 1.807) is 6.33 Å². The van der Waals surface area contributed by atoms with Crippen LogP contribution < -0.4 is 4.90 Å². The first-order valence-electron chi connectivity index (χ1n) is 8.93. The molecule has 26 heavy (non-hydrogen) atoms. The van der Waals surface area contributed by atoms with Gasteiger partial charge in [0, 0.05) is 6.54 Å². The second kappa shape index (κ2) is 7.03. The Morgan fingerprint density at radius 1 is 1.31 bits per heavy atom. The number of hydrogen-bond donors (Lipinski definition) is 0. The average molecular weight is 367 g/mol. The maximum absolute atomic E-state index is 12.3. The Morgan fingerprint density at radius 2 is 2.12 bits per heavy atom. The molecule has 3 heterocycles. The van der Waals surface area contributed by atoms with E-state index < -0.39 is 0 Å². The molecular formula is C20H21N3O2S. The predicted molar refractivity (Wildman–Crippen MR) is 104 cm³/mol. The van der Waals surface area contributed by atoms with Crippen molar-refractivity contribution < 1.29 is 9.53 Å². The van der Waals surface area contributed by atoms with Crippen LogP contribution in [0.3, 0.4) is 0 Å². The smallest absolute Gasteiger partial charge is 0.348 e. The van der Waals surface area contributed by atoms with E-state index >= 15 is 0 Å². The summed E-state index contributed by atoms with van der Waals surface area (Å²) in [6.07, 6.45) is 3.82. The lowest BCUT2D eigenvalue weighted by molar-refractivity contribution is 0.0531. The minimum Gasteiger partial charge on any atom is -0.462 e. The molecule has 3 aromatic rings. The van der Waals surface area contributed by atoms with Gasteiger partial charge < -0.3 is 9.64 Å². The van der Waals surface area contributed by atoms with Gasteiger partial charge in [-0.25, -0.2) is 14.8 Å². The van der Waals surface area contributed by atoms with Crippen molar-refractivity contribution in [2.75, 3.05) is 18.1 Å². The fraction of sp³-hybridized carbons (Fsp3) is 0.350. The zero-order valence-electron chi connectivity index (χ0n) is 14.9. The topological polar surface area (TPSA) is 55.3 Å². The van der Waals surface area contributed by atoms with Gasteiger partial charge in [-0.15, -0.1) is 11.3 Å². The minimum atomic E-state index is -0.278. The van der Waals surface area contributed by atoms with Crippen LogP contribution in [0.15, 0.2) is 36.7 Å². The standard InChI is InChI=1S/C20H21N3O2S/c1-3-25-20(24)17-13(2)16-18(21-12-22-19(16)26-17)23-11-7-10-15(23)14-8-5-4-6-9-14/h4-6,8-9,12,15H,3,7,10-11H2,1-2H3. The van der Waals surface area contributed by atoms with Gasteiger partial charge in [0.05, 0.1) is 18.0 Å². The molecule has 1 saturated heterocycles. The molecule has 1 atom stereocenters. The first-order valence-corrected chi connectivity index (χ1v) is 9.75. The molecule has 1 aromatic carbocycles. The van der Waals surface area contributed by atoms with Gasteiger partial charge in [0.2, 0.25) is 0 Å². The summed E-state index contributed by atoms with van der Waals surface area (Å²) in [4.78, 5) is 25.1. The van der Waals surface area contributed by atoms with Gasteiger partial charge in [0.1, 0.15) is 21.9 Å². The summed E-state index contributed by atoms with van der Waals surface area (Å²) in [7, 11) is 0. The van der Waals surface area contributed by atoms with Crippen molar-refractivity contribution in [3.8, 4) is 0 Å². The Hall–Kier alpha value is -2.47. The lowest BCUT2D eigenvalue weighted by atomic mass is 10.0. The van der Waals surface area contributed by atoms with Crippen LogP contribution in [0.2, 0.25) is 0 Å². The molecule has 0 spiro atoms. The normalized spacial score (nSPS) is 17.0. The van der Waals surface area contributed by atoms with Gasteiger partial charge in [0.25, 0.3) is 0 Å². The number of nitrogens with zero attached hydrogens (tertiary/aromatic N) is 3. The summed E-state index contributed by atoms with van der Waals surface area (Å²) in [5, 5.41) is 0.975. The number of anilines is 1. The van der Waals surface area contributed by atoms with Crippen molar-refractivity contribution in [1.29, 1.82) is 0 Å². The van der Waals surface area contributed by atoms with Crippen molar-refractivity contribution in [3.63, 3.8) is 0 Å². The summed E-state index contributed by atoms with van der Waals surface area (Å²) in [6.45, 7) is 5.11. The van der Waals surface area contributed by atoms with Crippen molar-refractivity contribution in [3.05, 3.63) is 52.7 Å². The number of aromatic nitrogens is 2.